The van der Waals surface area contributed by atoms with Crippen molar-refractivity contribution in [2.75, 3.05) is 14.2 Å². The van der Waals surface area contributed by atoms with Gasteiger partial charge in [-0.25, -0.2) is 14.6 Å². The molecular weight excluding hydrogens is 630 g/mol. The quantitative estimate of drug-likeness (QED) is 0.156. The Balaban J connectivity index is 1.94. The fourth-order valence-electron chi connectivity index (χ4n) is 5.53. The molecule has 13 heteroatoms. The number of amides is 3. The molecule has 0 aliphatic rings. The minimum Gasteiger partial charge on any atom is -0.467 e. The number of nitrogens with one attached hydrogen (secondary N) is 3. The molecule has 0 bridgehead atoms. The number of nitrogens with zero attached hydrogens (tertiary/aromatic N) is 2. The van der Waals surface area contributed by atoms with Crippen LogP contribution in [0, 0.1) is 11.8 Å². The van der Waals surface area contributed by atoms with Crippen molar-refractivity contribution in [1.29, 1.82) is 0 Å². The summed E-state index contributed by atoms with van der Waals surface area (Å²) in [6.07, 6.45) is 1.06. The molecule has 0 fully saturated rings. The molecule has 266 valence electrons. The van der Waals surface area contributed by atoms with Crippen LogP contribution in [-0.4, -0.2) is 94.1 Å². The Labute approximate surface area is 287 Å². The van der Waals surface area contributed by atoms with Crippen LogP contribution in [0.3, 0.4) is 0 Å². The number of H-pyrrole nitrogens is 1. The van der Waals surface area contributed by atoms with Crippen LogP contribution < -0.4 is 10.6 Å². The molecule has 2 unspecified atom stereocenters. The average Bonchev–Trinajstić information content (AvgIpc) is 3.58. The van der Waals surface area contributed by atoms with Crippen LogP contribution in [-0.2, 0) is 46.3 Å². The molecule has 3 aromatic rings. The topological polar surface area (TPSA) is 180 Å². The summed E-state index contributed by atoms with van der Waals surface area (Å²) in [6.45, 7) is 8.62. The van der Waals surface area contributed by atoms with Crippen LogP contribution >= 0.6 is 0 Å². The zero-order valence-corrected chi connectivity index (χ0v) is 29.3. The van der Waals surface area contributed by atoms with E-state index in [0.29, 0.717) is 5.69 Å². The van der Waals surface area contributed by atoms with Gasteiger partial charge < -0.3 is 35.1 Å². The minimum atomic E-state index is -1.64. The van der Waals surface area contributed by atoms with Gasteiger partial charge in [-0.1, -0.05) is 56.3 Å². The van der Waals surface area contributed by atoms with Gasteiger partial charge in [0.05, 0.1) is 37.2 Å². The number of aromatic nitrogens is 2. The van der Waals surface area contributed by atoms with E-state index in [1.54, 1.807) is 20.0 Å². The molecule has 3 amide bonds. The van der Waals surface area contributed by atoms with E-state index in [-0.39, 0.29) is 31.6 Å². The summed E-state index contributed by atoms with van der Waals surface area (Å²) in [4.78, 5) is 74.6. The van der Waals surface area contributed by atoms with Crippen molar-refractivity contribution < 1.29 is 38.6 Å². The van der Waals surface area contributed by atoms with Crippen LogP contribution in [0.1, 0.15) is 58.7 Å². The van der Waals surface area contributed by atoms with Crippen molar-refractivity contribution in [1.82, 2.24) is 25.5 Å². The van der Waals surface area contributed by atoms with Gasteiger partial charge in [0.2, 0.25) is 17.7 Å². The fraction of sp³-hybridized carbons (Fsp3) is 0.500. The van der Waals surface area contributed by atoms with Gasteiger partial charge in [0, 0.05) is 26.1 Å². The number of rotatable bonds is 17. The molecule has 1 aromatic heterocycles. The lowest BCUT2D eigenvalue weighted by Crippen LogP contribution is -2.56. The number of aliphatic hydroxyl groups excluding tert-OH is 1. The van der Waals surface area contributed by atoms with Gasteiger partial charge >= 0.3 is 11.9 Å². The maximum Gasteiger partial charge on any atom is 0.337 e. The molecule has 2 aromatic carbocycles. The summed E-state index contributed by atoms with van der Waals surface area (Å²) in [6, 6.07) is 10.3. The smallest absolute Gasteiger partial charge is 0.337 e. The third-order valence-electron chi connectivity index (χ3n) is 8.28. The maximum atomic E-state index is 14.2. The molecule has 1 heterocycles. The number of aromatic amines is 1. The van der Waals surface area contributed by atoms with Gasteiger partial charge in [0.1, 0.15) is 12.1 Å². The number of aliphatic hydroxyl groups is 1. The molecule has 0 aliphatic heterocycles. The van der Waals surface area contributed by atoms with Gasteiger partial charge in [-0.15, -0.1) is 0 Å². The van der Waals surface area contributed by atoms with E-state index in [1.165, 1.54) is 32.3 Å². The summed E-state index contributed by atoms with van der Waals surface area (Å²) < 4.78 is 9.99. The van der Waals surface area contributed by atoms with Crippen molar-refractivity contribution >= 4 is 40.4 Å². The number of hydrogen-bond acceptors (Lipinski definition) is 9. The lowest BCUT2D eigenvalue weighted by Gasteiger charge is -2.29. The van der Waals surface area contributed by atoms with E-state index in [1.807, 2.05) is 56.3 Å². The van der Waals surface area contributed by atoms with Crippen LogP contribution in [0.25, 0.3) is 10.8 Å². The number of ether oxygens (including phenoxy) is 2. The second-order valence-electron chi connectivity index (χ2n) is 12.9. The maximum absolute atomic E-state index is 14.2. The van der Waals surface area contributed by atoms with Crippen molar-refractivity contribution in [3.63, 3.8) is 0 Å². The Bertz CT molecular complexity index is 1570. The second kappa shape index (κ2) is 18.1. The summed E-state index contributed by atoms with van der Waals surface area (Å²) in [5.74, 6) is -4.11. The van der Waals surface area contributed by atoms with E-state index >= 15 is 0 Å². The number of carbonyl (C=O) groups is 5. The van der Waals surface area contributed by atoms with Crippen molar-refractivity contribution in [3.05, 3.63) is 66.2 Å². The highest BCUT2D eigenvalue weighted by atomic mass is 16.6. The summed E-state index contributed by atoms with van der Waals surface area (Å²) in [5, 5.41) is 18.3. The summed E-state index contributed by atoms with van der Waals surface area (Å²) in [7, 11) is 2.70. The number of carbonyl (C=O) groups excluding carboxylic acids is 5. The summed E-state index contributed by atoms with van der Waals surface area (Å²) in [5.41, 5.74) is 1.31. The van der Waals surface area contributed by atoms with Crippen LogP contribution in [0.15, 0.2) is 55.0 Å². The molecule has 3 rings (SSSR count). The highest BCUT2D eigenvalue weighted by Crippen LogP contribution is 2.24. The third kappa shape index (κ3) is 11.1. The first-order chi connectivity index (χ1) is 23.2. The number of esters is 2. The minimum absolute atomic E-state index is 0.00774. The van der Waals surface area contributed by atoms with Gasteiger partial charge in [-0.05, 0) is 55.9 Å². The zero-order chi connectivity index (χ0) is 36.2. The predicted molar refractivity (Wildman–Crippen MR) is 183 cm³/mol. The van der Waals surface area contributed by atoms with Gasteiger partial charge in [0.25, 0.3) is 0 Å². The van der Waals surface area contributed by atoms with Gasteiger partial charge in [-0.2, -0.15) is 0 Å². The zero-order valence-electron chi connectivity index (χ0n) is 29.3. The number of hydrogen-bond donors (Lipinski definition) is 4. The van der Waals surface area contributed by atoms with E-state index in [9.17, 15) is 29.1 Å². The van der Waals surface area contributed by atoms with E-state index in [0.717, 1.165) is 16.3 Å². The average molecular weight is 680 g/mol. The molecular formula is C36H49N5O8. The van der Waals surface area contributed by atoms with Crippen LogP contribution in [0.4, 0.5) is 0 Å². The molecule has 49 heavy (non-hydrogen) atoms. The Hall–Kier alpha value is -4.78. The third-order valence-corrected chi connectivity index (χ3v) is 8.28. The van der Waals surface area contributed by atoms with Crippen molar-refractivity contribution in [2.24, 2.45) is 11.8 Å². The Morgan fingerprint density at radius 1 is 0.918 bits per heavy atom. The van der Waals surface area contributed by atoms with E-state index in [4.69, 9.17) is 9.47 Å². The molecule has 0 saturated heterocycles. The molecule has 0 aliphatic carbocycles. The number of methoxy groups -OCH3 is 1. The first-order valence-corrected chi connectivity index (χ1v) is 16.5. The van der Waals surface area contributed by atoms with Gasteiger partial charge in [-0.3, -0.25) is 14.4 Å². The number of benzene rings is 2. The normalized spacial score (nSPS) is 14.4. The Kier molecular flexibility index (Phi) is 14.3. The van der Waals surface area contributed by atoms with E-state index < -0.39 is 65.9 Å². The van der Waals surface area contributed by atoms with Crippen molar-refractivity contribution in [3.8, 4) is 0 Å². The highest BCUT2D eigenvalue weighted by molar-refractivity contribution is 5.93. The number of likely N-dealkylation sites (N-methyl/N-ethyl adjacent to an activating group) is 1. The molecule has 0 saturated carbocycles. The van der Waals surface area contributed by atoms with Crippen molar-refractivity contribution in [2.45, 2.75) is 90.6 Å². The number of imidazole rings is 1. The lowest BCUT2D eigenvalue weighted by atomic mass is 9.91. The second-order valence-corrected chi connectivity index (χ2v) is 12.9. The molecule has 0 spiro atoms. The standard InChI is InChI=1S/C36H49N5O8/c1-21(2)15-29(32(43)36(47)49-22(3)4)39-34(45)30(18-27-19-37-20-38-27)40-33(44)26(17-31(42)41(6)23(5)35(46)48-7)16-25-13-10-12-24-11-8-9-14-28(24)25/h8-14,19-23,26,29-30,32,43H,15-18H2,1-7H3,(H,37,38)(H,39,45)(H,40,44)/t23-,26?,29-,30-,32?/m0/s1. The van der Waals surface area contributed by atoms with Gasteiger partial charge in [0.15, 0.2) is 6.10 Å². The Morgan fingerprint density at radius 2 is 1.61 bits per heavy atom. The SMILES string of the molecule is COC(=O)[C@H](C)N(C)C(=O)CC(Cc1cccc2ccccc12)C(=O)N[C@@H](Cc1c[nH]cn1)C(=O)N[C@@H](CC(C)C)C(O)C(=O)OC(C)C. The summed E-state index contributed by atoms with van der Waals surface area (Å²) >= 11 is 0. The molecule has 5 atom stereocenters. The Morgan fingerprint density at radius 3 is 2.24 bits per heavy atom. The highest BCUT2D eigenvalue weighted by Gasteiger charge is 2.35. The predicted octanol–water partition coefficient (Wildman–Crippen LogP) is 2.70. The molecule has 13 nitrogen and oxygen atoms in total. The monoisotopic (exact) mass is 679 g/mol. The first-order valence-electron chi connectivity index (χ1n) is 16.5. The van der Waals surface area contributed by atoms with E-state index in [2.05, 4.69) is 20.6 Å². The largest absolute Gasteiger partial charge is 0.467 e. The first kappa shape index (κ1) is 38.7. The van der Waals surface area contributed by atoms with Crippen LogP contribution in [0.5, 0.6) is 0 Å². The fourth-order valence-corrected chi connectivity index (χ4v) is 5.53. The van der Waals surface area contributed by atoms with Crippen LogP contribution in [0.2, 0.25) is 0 Å². The molecule has 4 N–H and O–H groups in total. The lowest BCUT2D eigenvalue weighted by molar-refractivity contribution is -0.159. The number of fused-ring (bicyclic) bond motifs is 1. The molecule has 0 radical (unpaired) electrons.